The van der Waals surface area contributed by atoms with Gasteiger partial charge in [-0.3, -0.25) is 9.69 Å². The van der Waals surface area contributed by atoms with Crippen LogP contribution in [0, 0.1) is 0 Å². The number of aliphatic hydroxyl groups excluding tert-OH is 1. The molecular formula is C10H22N2O3. The van der Waals surface area contributed by atoms with Crippen molar-refractivity contribution in [2.75, 3.05) is 26.7 Å². The van der Waals surface area contributed by atoms with Crippen LogP contribution in [0.2, 0.25) is 0 Å². The van der Waals surface area contributed by atoms with Gasteiger partial charge in [0.25, 0.3) is 0 Å². The van der Waals surface area contributed by atoms with Gasteiger partial charge in [-0.15, -0.1) is 0 Å². The van der Waals surface area contributed by atoms with Crippen molar-refractivity contribution >= 4 is 5.97 Å². The van der Waals surface area contributed by atoms with Gasteiger partial charge in [-0.25, -0.2) is 0 Å². The third-order valence-corrected chi connectivity index (χ3v) is 2.14. The Labute approximate surface area is 91.1 Å². The Balaban J connectivity index is 0.000000921. The fraction of sp³-hybridized carbons (Fsp3) is 0.900. The molecule has 1 saturated heterocycles. The van der Waals surface area contributed by atoms with Gasteiger partial charge >= 0.3 is 5.97 Å². The second-order valence-corrected chi connectivity index (χ2v) is 3.59. The van der Waals surface area contributed by atoms with E-state index in [-0.39, 0.29) is 18.7 Å². The number of hydrogen-bond acceptors (Lipinski definition) is 4. The Morgan fingerprint density at radius 2 is 2.13 bits per heavy atom. The number of likely N-dealkylation sites (N-methyl/N-ethyl adjacent to an activating group) is 1. The maximum absolute atomic E-state index is 10.3. The van der Waals surface area contributed by atoms with E-state index in [1.165, 1.54) is 0 Å². The van der Waals surface area contributed by atoms with Gasteiger partial charge in [-0.2, -0.15) is 0 Å². The summed E-state index contributed by atoms with van der Waals surface area (Å²) in [5.74, 6) is -0.818. The summed E-state index contributed by atoms with van der Waals surface area (Å²) in [6, 6.07) is 0.222. The summed E-state index contributed by atoms with van der Waals surface area (Å²) in [6.07, 6.45) is 0.437. The van der Waals surface area contributed by atoms with Gasteiger partial charge in [0.2, 0.25) is 0 Å². The summed E-state index contributed by atoms with van der Waals surface area (Å²) < 4.78 is 0. The summed E-state index contributed by atoms with van der Waals surface area (Å²) in [4.78, 5) is 12.1. The van der Waals surface area contributed by atoms with Crippen molar-refractivity contribution in [3.8, 4) is 0 Å². The minimum absolute atomic E-state index is 0.0499. The topological polar surface area (TPSA) is 72.8 Å². The van der Waals surface area contributed by atoms with Crippen LogP contribution in [0.3, 0.4) is 0 Å². The zero-order valence-corrected chi connectivity index (χ0v) is 9.73. The maximum Gasteiger partial charge on any atom is 0.317 e. The Morgan fingerprint density at radius 3 is 2.53 bits per heavy atom. The largest absolute Gasteiger partial charge is 0.480 e. The molecule has 0 aromatic carbocycles. The van der Waals surface area contributed by atoms with Gasteiger partial charge in [-0.05, 0) is 13.5 Å². The van der Waals surface area contributed by atoms with Crippen LogP contribution < -0.4 is 5.32 Å². The van der Waals surface area contributed by atoms with Crippen molar-refractivity contribution in [2.45, 2.75) is 32.4 Å². The molecular weight excluding hydrogens is 196 g/mol. The Kier molecular flexibility index (Phi) is 7.29. The molecule has 2 atom stereocenters. The highest BCUT2D eigenvalue weighted by Gasteiger charge is 2.23. The van der Waals surface area contributed by atoms with E-state index < -0.39 is 5.97 Å². The van der Waals surface area contributed by atoms with Gasteiger partial charge in [-0.1, -0.05) is 13.8 Å². The van der Waals surface area contributed by atoms with Gasteiger partial charge in [0.05, 0.1) is 12.6 Å². The third kappa shape index (κ3) is 6.43. The summed E-state index contributed by atoms with van der Waals surface area (Å²) in [7, 11) is 1.76. The number of carboxylic acid groups (broad SMARTS) is 1. The van der Waals surface area contributed by atoms with Crippen LogP contribution in [0.25, 0.3) is 0 Å². The third-order valence-electron chi connectivity index (χ3n) is 2.14. The Bertz CT molecular complexity index is 188. The number of carboxylic acids is 1. The lowest BCUT2D eigenvalue weighted by Crippen LogP contribution is -2.37. The van der Waals surface area contributed by atoms with Crippen molar-refractivity contribution in [3.63, 3.8) is 0 Å². The molecule has 2 unspecified atom stereocenters. The molecule has 0 saturated carbocycles. The molecule has 15 heavy (non-hydrogen) atoms. The van der Waals surface area contributed by atoms with E-state index in [0.29, 0.717) is 19.5 Å². The average Bonchev–Trinajstić information content (AvgIpc) is 2.53. The zero-order valence-electron chi connectivity index (χ0n) is 9.73. The van der Waals surface area contributed by atoms with E-state index in [4.69, 9.17) is 5.11 Å². The second-order valence-electron chi connectivity index (χ2n) is 3.59. The van der Waals surface area contributed by atoms with Crippen LogP contribution in [0.4, 0.5) is 0 Å². The van der Waals surface area contributed by atoms with E-state index in [0.717, 1.165) is 0 Å². The standard InChI is InChI=1S/C8H16N2O3.C2H6/c1-10(5-8(12)13)4-6-2-7(11)3-9-6;1-2/h6-7,9,11H,2-5H2,1H3,(H,12,13);1-2H3. The van der Waals surface area contributed by atoms with E-state index in [2.05, 4.69) is 5.32 Å². The number of nitrogens with zero attached hydrogens (tertiary/aromatic N) is 1. The van der Waals surface area contributed by atoms with Gasteiger partial charge in [0.15, 0.2) is 0 Å². The first-order chi connectivity index (χ1) is 7.08. The van der Waals surface area contributed by atoms with Crippen molar-refractivity contribution in [3.05, 3.63) is 0 Å². The summed E-state index contributed by atoms with van der Waals surface area (Å²) in [6.45, 7) is 5.34. The quantitative estimate of drug-likeness (QED) is 0.607. The van der Waals surface area contributed by atoms with Crippen molar-refractivity contribution in [1.82, 2.24) is 10.2 Å². The molecule has 90 valence electrons. The fourth-order valence-electron chi connectivity index (χ4n) is 1.61. The number of rotatable bonds is 4. The van der Waals surface area contributed by atoms with Crippen molar-refractivity contribution in [1.29, 1.82) is 0 Å². The van der Waals surface area contributed by atoms with Crippen LogP contribution in [0.15, 0.2) is 0 Å². The minimum Gasteiger partial charge on any atom is -0.480 e. The molecule has 0 radical (unpaired) electrons. The van der Waals surface area contributed by atoms with Gasteiger partial charge in [0.1, 0.15) is 0 Å². The fourth-order valence-corrected chi connectivity index (χ4v) is 1.61. The molecule has 1 heterocycles. The second kappa shape index (κ2) is 7.62. The highest BCUT2D eigenvalue weighted by atomic mass is 16.4. The summed E-state index contributed by atoms with van der Waals surface area (Å²) >= 11 is 0. The molecule has 0 aliphatic carbocycles. The number of β-amino-alcohol motifs (C(OH)–C–C–N with tert-alkyl or cyclic N) is 1. The molecule has 0 aromatic rings. The predicted molar refractivity (Wildman–Crippen MR) is 58.9 cm³/mol. The van der Waals surface area contributed by atoms with Gasteiger partial charge in [0, 0.05) is 19.1 Å². The van der Waals surface area contributed by atoms with Crippen LogP contribution in [-0.2, 0) is 4.79 Å². The van der Waals surface area contributed by atoms with E-state index >= 15 is 0 Å². The van der Waals surface area contributed by atoms with Crippen LogP contribution in [0.5, 0.6) is 0 Å². The van der Waals surface area contributed by atoms with Crippen molar-refractivity contribution < 1.29 is 15.0 Å². The predicted octanol–water partition coefficient (Wildman–Crippen LogP) is -0.248. The number of hydrogen-bond donors (Lipinski definition) is 3. The highest BCUT2D eigenvalue weighted by molar-refractivity contribution is 5.69. The van der Waals surface area contributed by atoms with Crippen LogP contribution >= 0.6 is 0 Å². The van der Waals surface area contributed by atoms with Crippen LogP contribution in [-0.4, -0.2) is 59.9 Å². The number of nitrogens with one attached hydrogen (secondary N) is 1. The van der Waals surface area contributed by atoms with Crippen molar-refractivity contribution in [2.24, 2.45) is 0 Å². The lowest BCUT2D eigenvalue weighted by molar-refractivity contribution is -0.138. The molecule has 0 spiro atoms. The SMILES string of the molecule is CC.CN(CC(=O)O)CC1CC(O)CN1. The first-order valence-corrected chi connectivity index (χ1v) is 5.39. The number of aliphatic carboxylic acids is 1. The first-order valence-electron chi connectivity index (χ1n) is 5.39. The smallest absolute Gasteiger partial charge is 0.317 e. The number of carbonyl (C=O) groups is 1. The lowest BCUT2D eigenvalue weighted by Gasteiger charge is -2.18. The molecule has 5 nitrogen and oxygen atoms in total. The molecule has 5 heteroatoms. The molecule has 3 N–H and O–H groups in total. The van der Waals surface area contributed by atoms with E-state index in [1.807, 2.05) is 13.8 Å². The Hall–Kier alpha value is -0.650. The normalized spacial score (nSPS) is 24.9. The summed E-state index contributed by atoms with van der Waals surface area (Å²) in [5, 5.41) is 20.8. The minimum atomic E-state index is -0.818. The Morgan fingerprint density at radius 1 is 1.53 bits per heavy atom. The molecule has 0 amide bonds. The maximum atomic E-state index is 10.3. The monoisotopic (exact) mass is 218 g/mol. The molecule has 1 aliphatic heterocycles. The van der Waals surface area contributed by atoms with E-state index in [9.17, 15) is 9.90 Å². The number of aliphatic hydroxyl groups is 1. The average molecular weight is 218 g/mol. The van der Waals surface area contributed by atoms with E-state index in [1.54, 1.807) is 11.9 Å². The lowest BCUT2D eigenvalue weighted by atomic mass is 10.2. The molecule has 0 aromatic heterocycles. The molecule has 1 aliphatic rings. The molecule has 1 fully saturated rings. The highest BCUT2D eigenvalue weighted by Crippen LogP contribution is 2.06. The summed E-state index contributed by atoms with van der Waals surface area (Å²) in [5.41, 5.74) is 0. The zero-order chi connectivity index (χ0) is 11.8. The molecule has 1 rings (SSSR count). The van der Waals surface area contributed by atoms with Gasteiger partial charge < -0.3 is 15.5 Å². The first kappa shape index (κ1) is 14.3. The molecule has 0 bridgehead atoms. The van der Waals surface area contributed by atoms with Crippen LogP contribution in [0.1, 0.15) is 20.3 Å².